The van der Waals surface area contributed by atoms with Crippen molar-refractivity contribution < 1.29 is 13.2 Å². The van der Waals surface area contributed by atoms with Gasteiger partial charge in [0.2, 0.25) is 0 Å². The van der Waals surface area contributed by atoms with Gasteiger partial charge in [0.15, 0.2) is 0 Å². The van der Waals surface area contributed by atoms with Crippen LogP contribution in [-0.4, -0.2) is 22.9 Å². The molecule has 0 saturated carbocycles. The number of hydrogen-bond acceptors (Lipinski definition) is 4. The minimum absolute atomic E-state index is 0.116. The molecule has 0 bridgehead atoms. The molecule has 1 aliphatic rings. The first kappa shape index (κ1) is 16.0. The summed E-state index contributed by atoms with van der Waals surface area (Å²) in [6, 6.07) is 4.05. The minimum Gasteiger partial charge on any atom is -0.326 e. The van der Waals surface area contributed by atoms with Crippen molar-refractivity contribution in [3.8, 4) is 0 Å². The second-order valence-corrected chi connectivity index (χ2v) is 5.21. The molecule has 0 radical (unpaired) electrons. The fourth-order valence-corrected chi connectivity index (χ4v) is 2.47. The van der Waals surface area contributed by atoms with Crippen LogP contribution >= 0.6 is 0 Å². The van der Waals surface area contributed by atoms with Crippen molar-refractivity contribution >= 4 is 17.3 Å². The number of nitrogens with zero attached hydrogens (tertiary/aromatic N) is 4. The zero-order valence-corrected chi connectivity index (χ0v) is 13.0. The summed E-state index contributed by atoms with van der Waals surface area (Å²) >= 11 is 0. The van der Waals surface area contributed by atoms with Gasteiger partial charge in [-0.05, 0) is 30.7 Å². The zero-order chi connectivity index (χ0) is 17.5. The van der Waals surface area contributed by atoms with Gasteiger partial charge in [0.1, 0.15) is 23.2 Å². The summed E-state index contributed by atoms with van der Waals surface area (Å²) in [7, 11) is 1.54. The van der Waals surface area contributed by atoms with Gasteiger partial charge in [0.25, 0.3) is 0 Å². The average molecular weight is 333 g/mol. The van der Waals surface area contributed by atoms with Gasteiger partial charge in [-0.1, -0.05) is 6.58 Å². The number of aromatic nitrogens is 2. The van der Waals surface area contributed by atoms with Crippen LogP contribution in [0.25, 0.3) is 0 Å². The number of pyridine rings is 2. The monoisotopic (exact) mass is 333 g/mol. The Kier molecular flexibility index (Phi) is 3.75. The summed E-state index contributed by atoms with van der Waals surface area (Å²) in [4.78, 5) is 13.4. The first-order valence-corrected chi connectivity index (χ1v) is 7.05. The molecule has 0 fully saturated rings. The first-order chi connectivity index (χ1) is 11.3. The molecule has 0 amide bonds. The number of aryl methyl sites for hydroxylation is 1. The normalized spacial score (nSPS) is 16.1. The molecular formula is C16H14F3N5. The highest BCUT2D eigenvalue weighted by Crippen LogP contribution is 2.37. The lowest BCUT2D eigenvalue weighted by Crippen LogP contribution is -2.40. The zero-order valence-electron chi connectivity index (χ0n) is 13.0. The number of hydrogen-bond donors (Lipinski definition) is 1. The highest BCUT2D eigenvalue weighted by molar-refractivity contribution is 6.07. The Hall–Kier alpha value is -2.90. The van der Waals surface area contributed by atoms with Gasteiger partial charge in [-0.15, -0.1) is 0 Å². The van der Waals surface area contributed by atoms with E-state index in [1.54, 1.807) is 25.5 Å². The van der Waals surface area contributed by atoms with E-state index >= 15 is 0 Å². The maximum Gasteiger partial charge on any atom is 0.433 e. The topological polar surface area (TPSA) is 53.4 Å². The maximum absolute atomic E-state index is 13.1. The van der Waals surface area contributed by atoms with Crippen molar-refractivity contribution in [1.29, 1.82) is 0 Å². The molecule has 5 nitrogen and oxygen atoms in total. The fraction of sp³-hybridized carbons (Fsp3) is 0.188. The molecule has 3 heterocycles. The molecular weight excluding hydrogens is 319 g/mol. The molecule has 1 N–H and O–H groups in total. The molecule has 1 aliphatic heterocycles. The summed E-state index contributed by atoms with van der Waals surface area (Å²) in [6.07, 6.45) is -1.37. The Morgan fingerprint density at radius 3 is 2.62 bits per heavy atom. The maximum atomic E-state index is 13.1. The van der Waals surface area contributed by atoms with Crippen LogP contribution in [0, 0.1) is 6.92 Å². The van der Waals surface area contributed by atoms with Crippen LogP contribution in [0.2, 0.25) is 0 Å². The summed E-state index contributed by atoms with van der Waals surface area (Å²) in [5.41, 5.74) is 0.910. The Bertz CT molecular complexity index is 842. The van der Waals surface area contributed by atoms with E-state index in [0.29, 0.717) is 22.9 Å². The Morgan fingerprint density at radius 1 is 1.25 bits per heavy atom. The van der Waals surface area contributed by atoms with Crippen LogP contribution in [0.5, 0.6) is 0 Å². The van der Waals surface area contributed by atoms with Gasteiger partial charge in [0.05, 0.1) is 17.4 Å². The number of halogens is 3. The van der Waals surface area contributed by atoms with Crippen molar-refractivity contribution in [2.24, 2.45) is 4.99 Å². The second-order valence-electron chi connectivity index (χ2n) is 5.21. The van der Waals surface area contributed by atoms with E-state index in [4.69, 9.17) is 0 Å². The van der Waals surface area contributed by atoms with Gasteiger partial charge < -0.3 is 5.32 Å². The number of anilines is 2. The molecule has 0 aromatic carbocycles. The number of fused-ring (bicyclic) bond motifs is 1. The summed E-state index contributed by atoms with van der Waals surface area (Å²) in [5.74, 6) is 0.880. The Morgan fingerprint density at radius 2 is 2.00 bits per heavy atom. The molecule has 3 rings (SSSR count). The van der Waals surface area contributed by atoms with E-state index in [9.17, 15) is 13.2 Å². The summed E-state index contributed by atoms with van der Waals surface area (Å²) in [6.45, 7) is 5.72. The molecule has 0 unspecified atom stereocenters. The van der Waals surface area contributed by atoms with Crippen molar-refractivity contribution in [3.05, 3.63) is 59.8 Å². The number of rotatable bonds is 1. The highest BCUT2D eigenvalue weighted by Gasteiger charge is 2.36. The summed E-state index contributed by atoms with van der Waals surface area (Å²) < 4.78 is 39.2. The van der Waals surface area contributed by atoms with Gasteiger partial charge in [-0.2, -0.15) is 13.2 Å². The Balaban J connectivity index is 2.26. The van der Waals surface area contributed by atoms with E-state index < -0.39 is 11.9 Å². The molecule has 8 heteroatoms. The van der Waals surface area contributed by atoms with Crippen LogP contribution < -0.4 is 10.2 Å². The van der Waals surface area contributed by atoms with E-state index in [1.165, 1.54) is 11.0 Å². The standard InChI is InChI=1S/C16H14F3N5/c1-9-6-7-21-8-12(9)24-10(2)22-14(20-3)11-4-5-13(16(17,18)19)23-15(11)24/h4-8H,2H2,1,3H3,(H,20,22). The highest BCUT2D eigenvalue weighted by atomic mass is 19.4. The molecule has 0 atom stereocenters. The van der Waals surface area contributed by atoms with Gasteiger partial charge >= 0.3 is 6.18 Å². The van der Waals surface area contributed by atoms with Gasteiger partial charge in [-0.25, -0.2) is 4.98 Å². The van der Waals surface area contributed by atoms with Gasteiger partial charge in [0, 0.05) is 13.2 Å². The Labute approximate surface area is 136 Å². The lowest BCUT2D eigenvalue weighted by Gasteiger charge is -2.34. The minimum atomic E-state index is -4.54. The molecule has 124 valence electrons. The average Bonchev–Trinajstić information content (AvgIpc) is 2.54. The predicted molar refractivity (Wildman–Crippen MR) is 85.1 cm³/mol. The van der Waals surface area contributed by atoms with Crippen LogP contribution in [0.4, 0.5) is 24.7 Å². The van der Waals surface area contributed by atoms with Crippen LogP contribution in [0.15, 0.2) is 48.0 Å². The smallest absolute Gasteiger partial charge is 0.326 e. The number of amidine groups is 1. The first-order valence-electron chi connectivity index (χ1n) is 7.05. The van der Waals surface area contributed by atoms with E-state index in [-0.39, 0.29) is 5.82 Å². The van der Waals surface area contributed by atoms with Crippen molar-refractivity contribution in [2.45, 2.75) is 13.1 Å². The molecule has 0 aliphatic carbocycles. The SMILES string of the molecule is C=C1NC(=NC)c2ccc(C(F)(F)F)nc2N1c1cnccc1C. The van der Waals surface area contributed by atoms with E-state index in [2.05, 4.69) is 26.9 Å². The largest absolute Gasteiger partial charge is 0.433 e. The fourth-order valence-electron chi connectivity index (χ4n) is 2.47. The third-order valence-corrected chi connectivity index (χ3v) is 3.64. The predicted octanol–water partition coefficient (Wildman–Crippen LogP) is 3.39. The lowest BCUT2D eigenvalue weighted by molar-refractivity contribution is -0.141. The van der Waals surface area contributed by atoms with E-state index in [1.807, 2.05) is 6.92 Å². The third-order valence-electron chi connectivity index (χ3n) is 3.64. The molecule has 24 heavy (non-hydrogen) atoms. The quantitative estimate of drug-likeness (QED) is 0.869. The summed E-state index contributed by atoms with van der Waals surface area (Å²) in [5, 5.41) is 2.99. The van der Waals surface area contributed by atoms with Crippen molar-refractivity contribution in [3.63, 3.8) is 0 Å². The van der Waals surface area contributed by atoms with Crippen molar-refractivity contribution in [2.75, 3.05) is 11.9 Å². The number of nitrogens with one attached hydrogen (secondary N) is 1. The molecule has 2 aromatic rings. The van der Waals surface area contributed by atoms with Gasteiger partial charge in [-0.3, -0.25) is 14.9 Å². The molecule has 0 spiro atoms. The van der Waals surface area contributed by atoms with Crippen LogP contribution in [0.3, 0.4) is 0 Å². The molecule has 0 saturated heterocycles. The molecule has 2 aromatic heterocycles. The number of alkyl halides is 3. The van der Waals surface area contributed by atoms with Crippen LogP contribution in [-0.2, 0) is 6.18 Å². The van der Waals surface area contributed by atoms with Crippen LogP contribution in [0.1, 0.15) is 16.8 Å². The second kappa shape index (κ2) is 5.63. The number of aliphatic imine (C=N–C) groups is 1. The van der Waals surface area contributed by atoms with E-state index in [0.717, 1.165) is 11.6 Å². The third kappa shape index (κ3) is 2.60. The lowest BCUT2D eigenvalue weighted by atomic mass is 10.1. The van der Waals surface area contributed by atoms with Crippen molar-refractivity contribution in [1.82, 2.24) is 15.3 Å².